The molecule has 242 valence electrons. The van der Waals surface area contributed by atoms with Crippen molar-refractivity contribution in [3.05, 3.63) is 47.7 Å². The van der Waals surface area contributed by atoms with Gasteiger partial charge in [0, 0.05) is 37.8 Å². The Balaban J connectivity index is 1.39. The first kappa shape index (κ1) is 30.5. The van der Waals surface area contributed by atoms with Crippen molar-refractivity contribution in [3.8, 4) is 23.0 Å². The van der Waals surface area contributed by atoms with Crippen LogP contribution in [-0.2, 0) is 11.2 Å². The van der Waals surface area contributed by atoms with Gasteiger partial charge in [0.2, 0.25) is 5.91 Å². The number of aromatic hydroxyl groups is 1. The normalized spacial score (nSPS) is 25.0. The molecule has 0 bridgehead atoms. The number of rotatable bonds is 7. The van der Waals surface area contributed by atoms with Crippen molar-refractivity contribution in [2.75, 3.05) is 37.7 Å². The van der Waals surface area contributed by atoms with Crippen molar-refractivity contribution < 1.29 is 27.8 Å². The highest BCUT2D eigenvalue weighted by Crippen LogP contribution is 2.42. The maximum Gasteiger partial charge on any atom is 0.319 e. The molecule has 7 rings (SSSR count). The fraction of sp³-hybridized carbons (Fsp3) is 0.471. The van der Waals surface area contributed by atoms with E-state index in [1.807, 2.05) is 4.90 Å². The Labute approximate surface area is 264 Å². The van der Waals surface area contributed by atoms with Crippen LogP contribution in [0.2, 0.25) is 0 Å². The summed E-state index contributed by atoms with van der Waals surface area (Å²) in [6.45, 7) is 5.69. The SMILES string of the molecule is CCc1c(F)ccc2cc(O)cc(-c3ncc4c(N5CCCC(C)(C(N)=O)C5)nc(OC[C@@]56CCCN5C[C@H](F)C6)nc4c3F)c12. The van der Waals surface area contributed by atoms with Gasteiger partial charge in [-0.1, -0.05) is 13.0 Å². The number of carbonyl (C=O) groups excluding carboxylic acids is 1. The molecule has 46 heavy (non-hydrogen) atoms. The van der Waals surface area contributed by atoms with Gasteiger partial charge in [-0.05, 0) is 80.1 Å². The Morgan fingerprint density at radius 3 is 2.76 bits per heavy atom. The number of phenols is 1. The molecule has 0 aliphatic carbocycles. The van der Waals surface area contributed by atoms with Gasteiger partial charge in [-0.2, -0.15) is 9.97 Å². The topological polar surface area (TPSA) is 118 Å². The molecule has 0 radical (unpaired) electrons. The van der Waals surface area contributed by atoms with Gasteiger partial charge < -0.3 is 20.5 Å². The summed E-state index contributed by atoms with van der Waals surface area (Å²) < 4.78 is 52.5. The summed E-state index contributed by atoms with van der Waals surface area (Å²) in [5.74, 6) is -1.43. The number of ether oxygens (including phenoxy) is 1. The third-order valence-corrected chi connectivity index (χ3v) is 10.2. The summed E-state index contributed by atoms with van der Waals surface area (Å²) in [6, 6.07) is 5.68. The number of benzene rings is 2. The smallest absolute Gasteiger partial charge is 0.319 e. The third kappa shape index (κ3) is 4.97. The van der Waals surface area contributed by atoms with Crippen molar-refractivity contribution in [2.45, 2.75) is 64.1 Å². The van der Waals surface area contributed by atoms with Gasteiger partial charge in [0.15, 0.2) is 5.82 Å². The van der Waals surface area contributed by atoms with E-state index in [0.717, 1.165) is 19.4 Å². The van der Waals surface area contributed by atoms with Gasteiger partial charge in [0.25, 0.3) is 0 Å². The quantitative estimate of drug-likeness (QED) is 0.276. The number of aryl methyl sites for hydroxylation is 1. The second-order valence-electron chi connectivity index (χ2n) is 13.3. The maximum atomic E-state index is 16.8. The minimum absolute atomic E-state index is 0.0714. The highest BCUT2D eigenvalue weighted by atomic mass is 19.1. The van der Waals surface area contributed by atoms with Crippen molar-refractivity contribution in [1.82, 2.24) is 19.9 Å². The van der Waals surface area contributed by atoms with Crippen molar-refractivity contribution >= 4 is 33.4 Å². The van der Waals surface area contributed by atoms with Gasteiger partial charge >= 0.3 is 6.01 Å². The lowest BCUT2D eigenvalue weighted by atomic mass is 9.81. The minimum atomic E-state index is -0.946. The standard InChI is InChI=1S/C34H37F3N6O3/c1-3-22-25(36)7-6-19-12-21(44)13-23(26(19)22)28-27(37)29-24(15-39-28)30(42-10-4-8-33(2,17-42)31(38)45)41-32(40-29)46-18-34-9-5-11-43(34)16-20(35)14-34/h6-7,12-13,15,20,44H,3-5,8-11,14,16-18H2,1-2H3,(H2,38,45)/t20-,33?,34+/m1/s1. The molecule has 3 fully saturated rings. The molecule has 3 aliphatic rings. The molecular weight excluding hydrogens is 597 g/mol. The van der Waals surface area contributed by atoms with Gasteiger partial charge in [0.05, 0.1) is 16.3 Å². The molecule has 3 N–H and O–H groups in total. The van der Waals surface area contributed by atoms with Crippen molar-refractivity contribution in [2.24, 2.45) is 11.1 Å². The Morgan fingerprint density at radius 2 is 1.98 bits per heavy atom. The lowest BCUT2D eigenvalue weighted by Gasteiger charge is -2.39. The third-order valence-electron chi connectivity index (χ3n) is 10.2. The molecule has 3 aliphatic heterocycles. The Bertz CT molecular complexity index is 1870. The summed E-state index contributed by atoms with van der Waals surface area (Å²) in [5.41, 5.74) is 4.91. The summed E-state index contributed by atoms with van der Waals surface area (Å²) in [7, 11) is 0. The minimum Gasteiger partial charge on any atom is -0.508 e. The predicted molar refractivity (Wildman–Crippen MR) is 169 cm³/mol. The first-order valence-corrected chi connectivity index (χ1v) is 15.9. The van der Waals surface area contributed by atoms with Crippen LogP contribution in [0.3, 0.4) is 0 Å². The number of fused-ring (bicyclic) bond motifs is 3. The zero-order chi connectivity index (χ0) is 32.4. The molecule has 12 heteroatoms. The van der Waals surface area contributed by atoms with E-state index < -0.39 is 34.7 Å². The molecule has 1 amide bonds. The number of nitrogens with two attached hydrogens (primary N) is 1. The highest BCUT2D eigenvalue weighted by Gasteiger charge is 2.49. The predicted octanol–water partition coefficient (Wildman–Crippen LogP) is 5.44. The highest BCUT2D eigenvalue weighted by molar-refractivity contribution is 6.01. The number of hydrogen-bond acceptors (Lipinski definition) is 8. The maximum absolute atomic E-state index is 16.8. The molecule has 0 spiro atoms. The lowest BCUT2D eigenvalue weighted by molar-refractivity contribution is -0.127. The second kappa shape index (κ2) is 11.3. The van der Waals surface area contributed by atoms with E-state index in [-0.39, 0.29) is 41.7 Å². The number of carbonyl (C=O) groups is 1. The summed E-state index contributed by atoms with van der Waals surface area (Å²) in [5, 5.41) is 11.9. The number of hydrogen-bond donors (Lipinski definition) is 2. The first-order valence-electron chi connectivity index (χ1n) is 15.9. The van der Waals surface area contributed by atoms with E-state index in [1.54, 1.807) is 19.9 Å². The second-order valence-corrected chi connectivity index (χ2v) is 13.3. The molecule has 3 atom stereocenters. The van der Waals surface area contributed by atoms with Crippen molar-refractivity contribution in [1.29, 1.82) is 0 Å². The number of amides is 1. The molecular formula is C34H37F3N6O3. The average molecular weight is 635 g/mol. The van der Waals surface area contributed by atoms with Crippen LogP contribution in [-0.4, -0.2) is 75.4 Å². The molecule has 4 aromatic rings. The number of halogens is 3. The number of aromatic nitrogens is 3. The number of phenolic OH excluding ortho intramolecular Hbond substituents is 1. The lowest BCUT2D eigenvalue weighted by Crippen LogP contribution is -2.49. The monoisotopic (exact) mass is 634 g/mol. The van der Waals surface area contributed by atoms with Crippen LogP contribution in [0.15, 0.2) is 30.5 Å². The number of primary amides is 1. The van der Waals surface area contributed by atoms with Gasteiger partial charge in [0.1, 0.15) is 41.4 Å². The molecule has 9 nitrogen and oxygen atoms in total. The first-order chi connectivity index (χ1) is 22.0. The average Bonchev–Trinajstić information content (AvgIpc) is 3.55. The number of nitrogens with zero attached hydrogens (tertiary/aromatic N) is 5. The molecule has 2 aromatic heterocycles. The van der Waals surface area contributed by atoms with Crippen LogP contribution in [0, 0.1) is 17.0 Å². The fourth-order valence-corrected chi connectivity index (χ4v) is 7.82. The van der Waals surface area contributed by atoms with Crippen LogP contribution >= 0.6 is 0 Å². The van der Waals surface area contributed by atoms with Gasteiger partial charge in [-0.25, -0.2) is 13.2 Å². The molecule has 3 saturated heterocycles. The van der Waals surface area contributed by atoms with Crippen LogP contribution in [0.25, 0.3) is 32.9 Å². The van der Waals surface area contributed by atoms with Crippen LogP contribution < -0.4 is 15.4 Å². The van der Waals surface area contributed by atoms with E-state index in [0.29, 0.717) is 66.3 Å². The van der Waals surface area contributed by atoms with Gasteiger partial charge in [-0.15, -0.1) is 0 Å². The van der Waals surface area contributed by atoms with E-state index in [9.17, 15) is 18.7 Å². The Hall–Kier alpha value is -4.19. The zero-order valence-corrected chi connectivity index (χ0v) is 26.0. The number of piperidine rings is 1. The molecule has 5 heterocycles. The molecule has 2 aromatic carbocycles. The van der Waals surface area contributed by atoms with Crippen LogP contribution in [0.1, 0.15) is 51.5 Å². The number of pyridine rings is 1. The van der Waals surface area contributed by atoms with E-state index in [1.165, 1.54) is 24.4 Å². The van der Waals surface area contributed by atoms with Gasteiger partial charge in [-0.3, -0.25) is 14.7 Å². The molecule has 1 unspecified atom stereocenters. The van der Waals surface area contributed by atoms with Crippen LogP contribution in [0.4, 0.5) is 19.0 Å². The Kier molecular flexibility index (Phi) is 7.45. The zero-order valence-electron chi connectivity index (χ0n) is 26.0. The van der Waals surface area contributed by atoms with E-state index in [2.05, 4.69) is 14.9 Å². The molecule has 0 saturated carbocycles. The van der Waals surface area contributed by atoms with Crippen molar-refractivity contribution in [3.63, 3.8) is 0 Å². The summed E-state index contributed by atoms with van der Waals surface area (Å²) in [4.78, 5) is 30.1. The Morgan fingerprint density at radius 1 is 1.17 bits per heavy atom. The summed E-state index contributed by atoms with van der Waals surface area (Å²) >= 11 is 0. The number of alkyl halides is 1. The number of anilines is 1. The van der Waals surface area contributed by atoms with E-state index >= 15 is 4.39 Å². The largest absolute Gasteiger partial charge is 0.508 e. The van der Waals surface area contributed by atoms with Crippen LogP contribution in [0.5, 0.6) is 11.8 Å². The fourth-order valence-electron chi connectivity index (χ4n) is 7.82. The summed E-state index contributed by atoms with van der Waals surface area (Å²) in [6.07, 6.45) is 4.18. The van der Waals surface area contributed by atoms with E-state index in [4.69, 9.17) is 15.5 Å².